The third kappa shape index (κ3) is 7.39. The van der Waals surface area contributed by atoms with Gasteiger partial charge in [-0.2, -0.15) is 0 Å². The number of hydrogen-bond donors (Lipinski definition) is 1. The molecule has 8 nitrogen and oxygen atoms in total. The van der Waals surface area contributed by atoms with Gasteiger partial charge in [0, 0.05) is 38.5 Å². The lowest BCUT2D eigenvalue weighted by atomic mass is 10.0. The van der Waals surface area contributed by atoms with Gasteiger partial charge in [-0.3, -0.25) is 14.4 Å². The summed E-state index contributed by atoms with van der Waals surface area (Å²) in [5.74, 6) is 0.0703. The number of ether oxygens (including phenoxy) is 1. The summed E-state index contributed by atoms with van der Waals surface area (Å²) < 4.78 is 8.06. The van der Waals surface area contributed by atoms with Crippen molar-refractivity contribution < 1.29 is 14.6 Å². The van der Waals surface area contributed by atoms with Crippen molar-refractivity contribution in [2.75, 3.05) is 26.7 Å². The Morgan fingerprint density at radius 3 is 2.85 bits per heavy atom. The van der Waals surface area contributed by atoms with E-state index in [1.54, 1.807) is 15.6 Å². The number of rotatable bonds is 6. The minimum absolute atomic E-state index is 0.0332. The van der Waals surface area contributed by atoms with Crippen LogP contribution in [0.25, 0.3) is 0 Å². The number of hydrogen-bond acceptors (Lipinski definition) is 6. The molecule has 3 rings (SSSR count). The molecule has 1 aliphatic heterocycles. The predicted molar refractivity (Wildman–Crippen MR) is 128 cm³/mol. The molecule has 182 valence electrons. The Morgan fingerprint density at radius 2 is 2.12 bits per heavy atom. The van der Waals surface area contributed by atoms with Gasteiger partial charge in [-0.05, 0) is 38.1 Å². The molecule has 1 aromatic heterocycles. The predicted octanol–water partition coefficient (Wildman–Crippen LogP) is 3.24. The van der Waals surface area contributed by atoms with E-state index in [1.807, 2.05) is 32.3 Å². The van der Waals surface area contributed by atoms with E-state index < -0.39 is 0 Å². The number of aliphatic hydroxyl groups excluding tert-OH is 1. The number of nitrogens with zero attached hydrogens (tertiary/aromatic N) is 5. The molecule has 1 N–H and O–H groups in total. The second kappa shape index (κ2) is 12.1. The highest BCUT2D eigenvalue weighted by atomic mass is 35.5. The number of carbonyl (C=O) groups is 1. The summed E-state index contributed by atoms with van der Waals surface area (Å²) in [7, 11) is 2.02. The lowest BCUT2D eigenvalue weighted by Crippen LogP contribution is -2.47. The number of amides is 1. The number of benzene rings is 1. The zero-order valence-corrected chi connectivity index (χ0v) is 21.0. The molecule has 0 saturated heterocycles. The van der Waals surface area contributed by atoms with Crippen molar-refractivity contribution in [1.29, 1.82) is 0 Å². The van der Waals surface area contributed by atoms with Crippen molar-refractivity contribution in [2.24, 2.45) is 5.92 Å². The van der Waals surface area contributed by atoms with Crippen molar-refractivity contribution in [1.82, 2.24) is 24.8 Å². The third-order valence-corrected chi connectivity index (χ3v) is 6.71. The van der Waals surface area contributed by atoms with E-state index in [2.05, 4.69) is 22.1 Å². The second-order valence-corrected chi connectivity index (χ2v) is 9.74. The molecule has 0 fully saturated rings. The molecule has 2 heterocycles. The van der Waals surface area contributed by atoms with Crippen LogP contribution in [-0.2, 0) is 29.2 Å². The fourth-order valence-electron chi connectivity index (χ4n) is 4.01. The minimum Gasteiger partial charge on any atom is -0.394 e. The number of halogens is 2. The van der Waals surface area contributed by atoms with E-state index in [4.69, 9.17) is 27.9 Å². The van der Waals surface area contributed by atoms with E-state index in [0.717, 1.165) is 11.3 Å². The third-order valence-electron chi connectivity index (χ3n) is 5.97. The first kappa shape index (κ1) is 25.9. The molecular formula is C23H33Cl2N5O3. The second-order valence-electron chi connectivity index (χ2n) is 8.93. The zero-order chi connectivity index (χ0) is 24.0. The smallest absolute Gasteiger partial charge is 0.222 e. The standard InChI is InChI=1S/C23H33Cl2N5O3/c1-16-10-30(17(2)14-31)23(32)5-4-8-29-12-19(26-27-29)15-33-22(16)13-28(3)11-18-6-7-20(24)21(25)9-18/h6-7,9,12,16-17,22,31H,4-5,8,10-11,13-15H2,1-3H3/t16-,17+,22-/m0/s1. The van der Waals surface area contributed by atoms with Crippen LogP contribution in [-0.4, -0.2) is 74.7 Å². The molecule has 1 aliphatic rings. The molecule has 2 bridgehead atoms. The molecule has 2 aromatic rings. The first-order valence-electron chi connectivity index (χ1n) is 11.3. The van der Waals surface area contributed by atoms with Crippen molar-refractivity contribution >= 4 is 29.1 Å². The number of aromatic nitrogens is 3. The molecule has 33 heavy (non-hydrogen) atoms. The molecule has 3 atom stereocenters. The summed E-state index contributed by atoms with van der Waals surface area (Å²) >= 11 is 12.2. The molecule has 10 heteroatoms. The van der Waals surface area contributed by atoms with E-state index >= 15 is 0 Å². The van der Waals surface area contributed by atoms with Crippen LogP contribution in [0.2, 0.25) is 10.0 Å². The van der Waals surface area contributed by atoms with E-state index in [1.165, 1.54) is 0 Å². The summed E-state index contributed by atoms with van der Waals surface area (Å²) in [4.78, 5) is 16.9. The zero-order valence-electron chi connectivity index (χ0n) is 19.5. The lowest BCUT2D eigenvalue weighted by Gasteiger charge is -2.35. The minimum atomic E-state index is -0.253. The molecule has 1 aromatic carbocycles. The Balaban J connectivity index is 1.76. The van der Waals surface area contributed by atoms with Crippen LogP contribution < -0.4 is 0 Å². The van der Waals surface area contributed by atoms with Crippen LogP contribution in [0, 0.1) is 5.92 Å². The number of likely N-dealkylation sites (N-methyl/N-ethyl adjacent to an activating group) is 1. The van der Waals surface area contributed by atoms with Gasteiger partial charge in [0.1, 0.15) is 5.69 Å². The van der Waals surface area contributed by atoms with Crippen molar-refractivity contribution in [3.05, 3.63) is 45.7 Å². The summed E-state index contributed by atoms with van der Waals surface area (Å²) in [6.45, 7) is 6.67. The molecular weight excluding hydrogens is 465 g/mol. The Bertz CT molecular complexity index is 925. The van der Waals surface area contributed by atoms with Crippen molar-refractivity contribution in [3.8, 4) is 0 Å². The van der Waals surface area contributed by atoms with Gasteiger partial charge >= 0.3 is 0 Å². The van der Waals surface area contributed by atoms with E-state index in [9.17, 15) is 9.90 Å². The van der Waals surface area contributed by atoms with Gasteiger partial charge in [-0.15, -0.1) is 5.10 Å². The highest BCUT2D eigenvalue weighted by Crippen LogP contribution is 2.24. The first-order valence-corrected chi connectivity index (χ1v) is 12.1. The van der Waals surface area contributed by atoms with Crippen LogP contribution in [0.4, 0.5) is 0 Å². The molecule has 0 unspecified atom stereocenters. The lowest BCUT2D eigenvalue weighted by molar-refractivity contribution is -0.136. The van der Waals surface area contributed by atoms with E-state index in [-0.39, 0.29) is 30.6 Å². The average molecular weight is 498 g/mol. The van der Waals surface area contributed by atoms with Crippen LogP contribution in [0.15, 0.2) is 24.4 Å². The Morgan fingerprint density at radius 1 is 1.33 bits per heavy atom. The molecule has 0 saturated carbocycles. The fraction of sp³-hybridized carbons (Fsp3) is 0.609. The highest BCUT2D eigenvalue weighted by Gasteiger charge is 2.28. The van der Waals surface area contributed by atoms with Gasteiger partial charge in [-0.25, -0.2) is 0 Å². The molecule has 0 spiro atoms. The largest absolute Gasteiger partial charge is 0.394 e. The summed E-state index contributed by atoms with van der Waals surface area (Å²) in [6.07, 6.45) is 2.78. The molecule has 1 amide bonds. The topological polar surface area (TPSA) is 83.7 Å². The van der Waals surface area contributed by atoms with Gasteiger partial charge < -0.3 is 14.7 Å². The normalized spacial score (nSPS) is 21.4. The van der Waals surface area contributed by atoms with Crippen molar-refractivity contribution in [3.63, 3.8) is 0 Å². The van der Waals surface area contributed by atoms with Gasteiger partial charge in [0.05, 0.1) is 41.6 Å². The number of carbonyl (C=O) groups excluding carboxylic acids is 1. The molecule has 0 radical (unpaired) electrons. The van der Waals surface area contributed by atoms with Gasteiger partial charge in [0.15, 0.2) is 0 Å². The summed E-state index contributed by atoms with van der Waals surface area (Å²) in [5, 5.41) is 19.1. The summed E-state index contributed by atoms with van der Waals surface area (Å²) in [5.41, 5.74) is 1.82. The maximum absolute atomic E-state index is 12.9. The maximum Gasteiger partial charge on any atom is 0.222 e. The average Bonchev–Trinajstić information content (AvgIpc) is 3.24. The summed E-state index contributed by atoms with van der Waals surface area (Å²) in [6, 6.07) is 5.38. The van der Waals surface area contributed by atoms with E-state index in [0.29, 0.717) is 55.7 Å². The Labute approximate surface area is 205 Å². The van der Waals surface area contributed by atoms with Crippen molar-refractivity contribution in [2.45, 2.75) is 58.5 Å². The highest BCUT2D eigenvalue weighted by molar-refractivity contribution is 6.42. The van der Waals surface area contributed by atoms with Gasteiger partial charge in [-0.1, -0.05) is 41.4 Å². The first-order chi connectivity index (χ1) is 15.8. The quantitative estimate of drug-likeness (QED) is 0.659. The van der Waals surface area contributed by atoms with Crippen LogP contribution in [0.5, 0.6) is 0 Å². The van der Waals surface area contributed by atoms with Crippen LogP contribution in [0.1, 0.15) is 37.9 Å². The number of fused-ring (bicyclic) bond motifs is 2. The van der Waals surface area contributed by atoms with Crippen LogP contribution >= 0.6 is 23.2 Å². The Hall–Kier alpha value is -1.71. The van der Waals surface area contributed by atoms with Gasteiger partial charge in [0.25, 0.3) is 0 Å². The SMILES string of the molecule is C[C@H](CO)N1C[C@H](C)[C@H](CN(C)Cc2ccc(Cl)c(Cl)c2)OCc2cn(nn2)CCCC1=O. The fourth-order valence-corrected chi connectivity index (χ4v) is 4.34. The monoisotopic (exact) mass is 497 g/mol. The maximum atomic E-state index is 12.9. The van der Waals surface area contributed by atoms with Crippen LogP contribution in [0.3, 0.4) is 0 Å². The number of aryl methyl sites for hydroxylation is 1. The molecule has 0 aliphatic carbocycles. The van der Waals surface area contributed by atoms with Gasteiger partial charge in [0.2, 0.25) is 5.91 Å². The Kier molecular flexibility index (Phi) is 9.52. The number of aliphatic hydroxyl groups is 1.